The molecular weight excluding hydrogens is 911 g/mol. The molecule has 70 heavy (non-hydrogen) atoms. The number of ether oxygens (including phenoxy) is 1. The first-order chi connectivity index (χ1) is 33.5. The van der Waals surface area contributed by atoms with Crippen LogP contribution >= 0.6 is 35.3 Å². The SMILES string of the molecule is CCC.CCCC.CCc1cc(C23CCN(C)C2CC2(CC3)SCCS2)ccc1C.CCc1ccc(C23CCN(C)C2CC2(CCCS2)CC3)cc1OC.Cc1ccc(C2(C)CCN(C)C2C)cc1C. The number of nitrogens with zero attached hydrogens (tertiary/aromatic N) is 3. The highest BCUT2D eigenvalue weighted by Gasteiger charge is 2.57. The Kier molecular flexibility index (Phi) is 20.8. The van der Waals surface area contributed by atoms with Crippen molar-refractivity contribution in [2.45, 2.75) is 222 Å². The maximum atomic E-state index is 5.72. The van der Waals surface area contributed by atoms with Crippen LogP contribution in [-0.2, 0) is 29.1 Å². The number of unbranched alkanes of at least 4 members (excludes halogenated alkanes) is 1. The molecule has 0 radical (unpaired) electrons. The minimum absolute atomic E-state index is 0.327. The zero-order valence-corrected chi connectivity index (χ0v) is 49.9. The molecule has 0 amide bonds. The number of hydrogen-bond acceptors (Lipinski definition) is 7. The molecule has 7 heteroatoms. The predicted octanol–water partition coefficient (Wildman–Crippen LogP) is 16.0. The van der Waals surface area contributed by atoms with Gasteiger partial charge in [0.1, 0.15) is 5.75 Å². The lowest BCUT2D eigenvalue weighted by molar-refractivity contribution is 0.153. The lowest BCUT2D eigenvalue weighted by Gasteiger charge is -2.49. The molecule has 0 aromatic heterocycles. The van der Waals surface area contributed by atoms with Crippen LogP contribution in [-0.4, -0.2) is 107 Å². The van der Waals surface area contributed by atoms with Crippen molar-refractivity contribution in [2.75, 3.05) is 65.1 Å². The lowest BCUT2D eigenvalue weighted by atomic mass is 9.62. The van der Waals surface area contributed by atoms with Crippen molar-refractivity contribution in [3.63, 3.8) is 0 Å². The van der Waals surface area contributed by atoms with Gasteiger partial charge in [0.25, 0.3) is 0 Å². The molecule has 2 saturated carbocycles. The fourth-order valence-corrected chi connectivity index (χ4v) is 18.4. The largest absolute Gasteiger partial charge is 0.496 e. The number of likely N-dealkylation sites (tertiary alicyclic amines) is 3. The van der Waals surface area contributed by atoms with Gasteiger partial charge in [-0.25, -0.2) is 0 Å². The molecule has 7 fully saturated rings. The number of thioether (sulfide) groups is 3. The molecule has 7 aliphatic rings. The molecule has 7 unspecified atom stereocenters. The van der Waals surface area contributed by atoms with E-state index in [-0.39, 0.29) is 0 Å². The minimum atomic E-state index is 0.327. The summed E-state index contributed by atoms with van der Waals surface area (Å²) in [6.07, 6.45) is 21.2. The highest BCUT2D eigenvalue weighted by molar-refractivity contribution is 8.21. The van der Waals surface area contributed by atoms with Gasteiger partial charge in [0.05, 0.1) is 11.2 Å². The molecule has 2 spiro atoms. The maximum Gasteiger partial charge on any atom is 0.122 e. The maximum absolute atomic E-state index is 5.72. The monoisotopic (exact) mass is 1010 g/mol. The molecule has 7 atom stereocenters. The fraction of sp³-hybridized carbons (Fsp3) is 0.714. The summed E-state index contributed by atoms with van der Waals surface area (Å²) >= 11 is 6.79. The van der Waals surface area contributed by atoms with Crippen LogP contribution in [0.5, 0.6) is 5.75 Å². The number of methoxy groups -OCH3 is 1. The van der Waals surface area contributed by atoms with Crippen molar-refractivity contribution in [3.05, 3.63) is 99.1 Å². The molecule has 0 bridgehead atoms. The van der Waals surface area contributed by atoms with Crippen LogP contribution in [0, 0.1) is 20.8 Å². The van der Waals surface area contributed by atoms with E-state index in [1.807, 2.05) is 7.11 Å². The molecule has 3 aromatic rings. The van der Waals surface area contributed by atoms with Crippen molar-refractivity contribution in [2.24, 2.45) is 0 Å². The second-order valence-corrected chi connectivity index (χ2v) is 27.9. The van der Waals surface area contributed by atoms with Crippen LogP contribution in [0.2, 0.25) is 0 Å². The van der Waals surface area contributed by atoms with Crippen LogP contribution in [0.1, 0.15) is 190 Å². The van der Waals surface area contributed by atoms with Gasteiger partial charge >= 0.3 is 0 Å². The van der Waals surface area contributed by atoms with Crippen LogP contribution < -0.4 is 4.74 Å². The first-order valence-electron chi connectivity index (χ1n) is 28.4. The summed E-state index contributed by atoms with van der Waals surface area (Å²) in [4.78, 5) is 7.79. The summed E-state index contributed by atoms with van der Waals surface area (Å²) in [5, 5.41) is 0. The van der Waals surface area contributed by atoms with E-state index in [4.69, 9.17) is 4.74 Å². The van der Waals surface area contributed by atoms with Gasteiger partial charge in [0.15, 0.2) is 0 Å². The van der Waals surface area contributed by atoms with E-state index in [2.05, 4.69) is 202 Å². The summed E-state index contributed by atoms with van der Waals surface area (Å²) in [6, 6.07) is 23.5. The molecular formula is C63H101N3OS3. The lowest BCUT2D eigenvalue weighted by Crippen LogP contribution is -2.50. The predicted molar refractivity (Wildman–Crippen MR) is 315 cm³/mol. The van der Waals surface area contributed by atoms with Crippen molar-refractivity contribution in [1.29, 1.82) is 0 Å². The van der Waals surface area contributed by atoms with E-state index < -0.39 is 0 Å². The van der Waals surface area contributed by atoms with E-state index in [1.165, 1.54) is 160 Å². The Hall–Kier alpha value is -1.61. The summed E-state index contributed by atoms with van der Waals surface area (Å²) in [5.41, 5.74) is 12.9. The van der Waals surface area contributed by atoms with E-state index in [0.717, 1.165) is 24.6 Å². The number of fused-ring (bicyclic) bond motifs is 2. The molecule has 3 aromatic carbocycles. The average molecular weight is 1010 g/mol. The summed E-state index contributed by atoms with van der Waals surface area (Å²) < 4.78 is 6.83. The second kappa shape index (κ2) is 25.3. The second-order valence-electron chi connectivity index (χ2n) is 23.2. The Morgan fingerprint density at radius 2 is 1.11 bits per heavy atom. The zero-order valence-electron chi connectivity index (χ0n) is 47.5. The highest BCUT2D eigenvalue weighted by Crippen LogP contribution is 2.61. The van der Waals surface area contributed by atoms with Gasteiger partial charge in [-0.1, -0.05) is 116 Å². The van der Waals surface area contributed by atoms with E-state index in [1.54, 1.807) is 11.1 Å². The molecule has 4 nitrogen and oxygen atoms in total. The van der Waals surface area contributed by atoms with Gasteiger partial charge in [-0.3, -0.25) is 0 Å². The Labute approximate surface area is 444 Å². The number of aryl methyl sites for hydroxylation is 5. The minimum Gasteiger partial charge on any atom is -0.496 e. The van der Waals surface area contributed by atoms with Crippen LogP contribution in [0.25, 0.3) is 0 Å². The first kappa shape index (κ1) is 57.7. The fourth-order valence-electron chi connectivity index (χ4n) is 13.6. The Bertz CT molecular complexity index is 2110. The molecule has 0 N–H and O–H groups in total. The molecule has 392 valence electrons. The zero-order chi connectivity index (χ0) is 50.9. The number of hydrogen-bond donors (Lipinski definition) is 0. The van der Waals surface area contributed by atoms with E-state index >= 15 is 0 Å². The summed E-state index contributed by atoms with van der Waals surface area (Å²) in [7, 11) is 8.77. The van der Waals surface area contributed by atoms with Crippen LogP contribution in [0.4, 0.5) is 0 Å². The number of benzene rings is 3. The number of rotatable bonds is 7. The van der Waals surface area contributed by atoms with Crippen molar-refractivity contribution in [1.82, 2.24) is 14.7 Å². The van der Waals surface area contributed by atoms with Gasteiger partial charge in [-0.05, 0) is 208 Å². The standard InChI is InChI=1S/C21H31NOS.C20H29NS2.C15H23N.C4H10.C3H8/c1-4-16-6-7-17(14-18(16)23-3)21-10-9-20(8-5-13-24-20)15-19(21)22(2)12-11-21;1-4-16-13-17(6-5-15(16)2)19-7-8-20(22-11-12-23-20)14-18(19)21(3)10-9-19;1-11-6-7-14(10-12(11)2)15(4)8-9-16(5)13(15)3;1-3-4-2;1-3-2/h6-7,14,19H,4-5,8-13,15H2,1-3H3;5-6,13,18H,4,7-12,14H2,1-3H3;6-7,10,13H,8-9H2,1-5H3;3-4H2,1-2H3;3H2,1-2H3. The van der Waals surface area contributed by atoms with Crippen LogP contribution in [0.15, 0.2) is 54.6 Å². The summed E-state index contributed by atoms with van der Waals surface area (Å²) in [5.74, 6) is 5.19. The summed E-state index contributed by atoms with van der Waals surface area (Å²) in [6.45, 7) is 28.3. The van der Waals surface area contributed by atoms with Gasteiger partial charge in [0, 0.05) is 50.6 Å². The Balaban J connectivity index is 0.000000164. The van der Waals surface area contributed by atoms with E-state index in [0.29, 0.717) is 37.2 Å². The Morgan fingerprint density at radius 3 is 1.66 bits per heavy atom. The smallest absolute Gasteiger partial charge is 0.122 e. The number of likely N-dealkylation sites (N-methyl/N-ethyl adjacent to an activating group) is 3. The molecule has 10 rings (SSSR count). The molecule has 5 aliphatic heterocycles. The normalized spacial score (nSPS) is 31.1. The van der Waals surface area contributed by atoms with Crippen molar-refractivity contribution in [3.8, 4) is 5.75 Å². The van der Waals surface area contributed by atoms with Gasteiger partial charge in [-0.2, -0.15) is 11.8 Å². The quantitative estimate of drug-likeness (QED) is 0.232. The molecule has 2 aliphatic carbocycles. The van der Waals surface area contributed by atoms with Crippen molar-refractivity contribution < 1.29 is 4.74 Å². The molecule has 5 saturated heterocycles. The Morgan fingerprint density at radius 1 is 0.557 bits per heavy atom. The van der Waals surface area contributed by atoms with E-state index in [9.17, 15) is 0 Å². The van der Waals surface area contributed by atoms with Crippen LogP contribution in [0.3, 0.4) is 0 Å². The van der Waals surface area contributed by atoms with Gasteiger partial charge < -0.3 is 19.4 Å². The van der Waals surface area contributed by atoms with Crippen molar-refractivity contribution >= 4 is 35.3 Å². The third kappa shape index (κ3) is 12.2. The topological polar surface area (TPSA) is 19.0 Å². The molecule has 5 heterocycles. The third-order valence-electron chi connectivity index (χ3n) is 19.0. The third-order valence-corrected chi connectivity index (χ3v) is 24.2. The van der Waals surface area contributed by atoms with Gasteiger partial charge in [0.2, 0.25) is 0 Å². The average Bonchev–Trinajstić information content (AvgIpc) is 4.22. The van der Waals surface area contributed by atoms with Gasteiger partial charge in [-0.15, -0.1) is 23.5 Å². The first-order valence-corrected chi connectivity index (χ1v) is 31.3. The highest BCUT2D eigenvalue weighted by atomic mass is 32.2.